The van der Waals surface area contributed by atoms with Gasteiger partial charge >= 0.3 is 5.97 Å². The molecule has 0 spiro atoms. The van der Waals surface area contributed by atoms with Gasteiger partial charge in [0.1, 0.15) is 5.75 Å². The van der Waals surface area contributed by atoms with Crippen molar-refractivity contribution in [2.75, 3.05) is 13.7 Å². The number of ether oxygens (including phenoxy) is 2. The molecule has 1 atom stereocenters. The standard InChI is InChI=1S/C11H13BrO4/c1-7(13)9-5-8(12)3-4-10(9)16-6-11(14)15-2/h3-5,7,13H,6H2,1-2H3. The number of rotatable bonds is 4. The van der Waals surface area contributed by atoms with Crippen LogP contribution in [0.3, 0.4) is 0 Å². The lowest BCUT2D eigenvalue weighted by atomic mass is 10.1. The van der Waals surface area contributed by atoms with Crippen LogP contribution in [-0.2, 0) is 9.53 Å². The van der Waals surface area contributed by atoms with Crippen molar-refractivity contribution in [2.45, 2.75) is 13.0 Å². The van der Waals surface area contributed by atoms with Gasteiger partial charge in [0.15, 0.2) is 6.61 Å². The highest BCUT2D eigenvalue weighted by Crippen LogP contribution is 2.28. The highest BCUT2D eigenvalue weighted by atomic mass is 79.9. The van der Waals surface area contributed by atoms with Crippen LogP contribution < -0.4 is 4.74 Å². The van der Waals surface area contributed by atoms with Gasteiger partial charge in [0.05, 0.1) is 13.2 Å². The lowest BCUT2D eigenvalue weighted by Crippen LogP contribution is -2.13. The predicted molar refractivity (Wildman–Crippen MR) is 62.3 cm³/mol. The van der Waals surface area contributed by atoms with Gasteiger partial charge in [0.2, 0.25) is 0 Å². The van der Waals surface area contributed by atoms with Crippen LogP contribution in [0.25, 0.3) is 0 Å². The van der Waals surface area contributed by atoms with Crippen molar-refractivity contribution < 1.29 is 19.4 Å². The lowest BCUT2D eigenvalue weighted by Gasteiger charge is -2.13. The number of aliphatic hydroxyl groups excluding tert-OH is 1. The van der Waals surface area contributed by atoms with Crippen LogP contribution in [0.15, 0.2) is 22.7 Å². The Morgan fingerprint density at radius 1 is 1.56 bits per heavy atom. The molecule has 0 bridgehead atoms. The van der Waals surface area contributed by atoms with Crippen LogP contribution in [0.5, 0.6) is 5.75 Å². The average molecular weight is 289 g/mol. The second kappa shape index (κ2) is 5.86. The van der Waals surface area contributed by atoms with Gasteiger partial charge in [0.25, 0.3) is 0 Å². The number of halogens is 1. The maximum absolute atomic E-state index is 10.9. The van der Waals surface area contributed by atoms with Crippen LogP contribution in [0, 0.1) is 0 Å². The van der Waals surface area contributed by atoms with E-state index in [1.54, 1.807) is 25.1 Å². The number of benzene rings is 1. The van der Waals surface area contributed by atoms with E-state index in [1.807, 2.05) is 0 Å². The van der Waals surface area contributed by atoms with E-state index in [-0.39, 0.29) is 6.61 Å². The first-order valence-electron chi connectivity index (χ1n) is 4.71. The predicted octanol–water partition coefficient (Wildman–Crippen LogP) is 2.05. The number of hydrogen-bond acceptors (Lipinski definition) is 4. The minimum absolute atomic E-state index is 0.169. The zero-order valence-electron chi connectivity index (χ0n) is 9.07. The summed E-state index contributed by atoms with van der Waals surface area (Å²) in [6, 6.07) is 5.21. The van der Waals surface area contributed by atoms with E-state index in [1.165, 1.54) is 7.11 Å². The maximum atomic E-state index is 10.9. The van der Waals surface area contributed by atoms with Crippen LogP contribution in [0.1, 0.15) is 18.6 Å². The molecule has 1 aromatic rings. The molecule has 1 rings (SSSR count). The first-order chi connectivity index (χ1) is 7.54. The number of hydrogen-bond donors (Lipinski definition) is 1. The van der Waals surface area contributed by atoms with Gasteiger partial charge in [0, 0.05) is 10.0 Å². The minimum atomic E-state index is -0.662. The monoisotopic (exact) mass is 288 g/mol. The largest absolute Gasteiger partial charge is 0.482 e. The van der Waals surface area contributed by atoms with Gasteiger partial charge in [-0.15, -0.1) is 0 Å². The van der Waals surface area contributed by atoms with Crippen LogP contribution in [0.4, 0.5) is 0 Å². The van der Waals surface area contributed by atoms with E-state index in [9.17, 15) is 9.90 Å². The van der Waals surface area contributed by atoms with Gasteiger partial charge in [-0.2, -0.15) is 0 Å². The van der Waals surface area contributed by atoms with E-state index < -0.39 is 12.1 Å². The molecule has 0 aromatic heterocycles. The fourth-order valence-corrected chi connectivity index (χ4v) is 1.55. The number of methoxy groups -OCH3 is 1. The Morgan fingerprint density at radius 3 is 2.81 bits per heavy atom. The van der Waals surface area contributed by atoms with Crippen molar-refractivity contribution in [3.05, 3.63) is 28.2 Å². The summed E-state index contributed by atoms with van der Waals surface area (Å²) >= 11 is 3.30. The topological polar surface area (TPSA) is 55.8 Å². The second-order valence-corrected chi connectivity index (χ2v) is 4.14. The van der Waals surface area contributed by atoms with Crippen molar-refractivity contribution in [1.29, 1.82) is 0 Å². The number of aliphatic hydroxyl groups is 1. The minimum Gasteiger partial charge on any atom is -0.482 e. The molecule has 1 aromatic carbocycles. The Hall–Kier alpha value is -1.07. The van der Waals surface area contributed by atoms with Crippen LogP contribution in [-0.4, -0.2) is 24.8 Å². The quantitative estimate of drug-likeness (QED) is 0.862. The molecule has 5 heteroatoms. The first-order valence-corrected chi connectivity index (χ1v) is 5.51. The number of carbonyl (C=O) groups is 1. The molecule has 0 aliphatic rings. The van der Waals surface area contributed by atoms with E-state index in [0.29, 0.717) is 11.3 Å². The van der Waals surface area contributed by atoms with Gasteiger partial charge in [-0.05, 0) is 25.1 Å². The molecule has 0 fully saturated rings. The molecule has 16 heavy (non-hydrogen) atoms. The zero-order valence-corrected chi connectivity index (χ0v) is 10.7. The molecule has 0 amide bonds. The Kier molecular flexibility index (Phi) is 4.76. The van der Waals surface area contributed by atoms with Gasteiger partial charge in [-0.25, -0.2) is 4.79 Å². The second-order valence-electron chi connectivity index (χ2n) is 3.22. The van der Waals surface area contributed by atoms with Crippen molar-refractivity contribution in [1.82, 2.24) is 0 Å². The van der Waals surface area contributed by atoms with Gasteiger partial charge < -0.3 is 14.6 Å². The Balaban J connectivity index is 2.82. The fourth-order valence-electron chi connectivity index (χ4n) is 1.17. The third kappa shape index (κ3) is 3.50. The molecule has 0 saturated carbocycles. The Morgan fingerprint density at radius 2 is 2.25 bits per heavy atom. The third-order valence-electron chi connectivity index (χ3n) is 2.00. The molecular weight excluding hydrogens is 276 g/mol. The van der Waals surface area contributed by atoms with Crippen molar-refractivity contribution in [2.24, 2.45) is 0 Å². The summed E-state index contributed by atoms with van der Waals surface area (Å²) in [4.78, 5) is 10.9. The number of carbonyl (C=O) groups excluding carboxylic acids is 1. The number of esters is 1. The van der Waals surface area contributed by atoms with Crippen molar-refractivity contribution in [3.8, 4) is 5.75 Å². The van der Waals surface area contributed by atoms with E-state index in [4.69, 9.17) is 4.74 Å². The molecule has 0 aliphatic heterocycles. The summed E-state index contributed by atoms with van der Waals surface area (Å²) in [7, 11) is 1.29. The molecule has 88 valence electrons. The molecule has 0 saturated heterocycles. The normalized spacial score (nSPS) is 12.0. The summed E-state index contributed by atoms with van der Waals surface area (Å²) in [5.74, 6) is 0.0167. The zero-order chi connectivity index (χ0) is 12.1. The summed E-state index contributed by atoms with van der Waals surface area (Å²) in [5, 5.41) is 9.53. The van der Waals surface area contributed by atoms with Crippen molar-refractivity contribution >= 4 is 21.9 Å². The van der Waals surface area contributed by atoms with Crippen molar-refractivity contribution in [3.63, 3.8) is 0 Å². The summed E-state index contributed by atoms with van der Waals surface area (Å²) in [5.41, 5.74) is 0.623. The molecule has 1 N–H and O–H groups in total. The Bertz CT molecular complexity index is 376. The fraction of sp³-hybridized carbons (Fsp3) is 0.364. The lowest BCUT2D eigenvalue weighted by molar-refractivity contribution is -0.142. The van der Waals surface area contributed by atoms with Gasteiger partial charge in [-0.1, -0.05) is 15.9 Å². The van der Waals surface area contributed by atoms with E-state index in [2.05, 4.69) is 20.7 Å². The average Bonchev–Trinajstić information content (AvgIpc) is 2.26. The van der Waals surface area contributed by atoms with Gasteiger partial charge in [-0.3, -0.25) is 0 Å². The molecular formula is C11H13BrO4. The smallest absolute Gasteiger partial charge is 0.343 e. The van der Waals surface area contributed by atoms with Crippen LogP contribution >= 0.6 is 15.9 Å². The molecule has 1 unspecified atom stereocenters. The third-order valence-corrected chi connectivity index (χ3v) is 2.49. The molecule has 0 radical (unpaired) electrons. The summed E-state index contributed by atoms with van der Waals surface area (Å²) in [6.07, 6.45) is -0.662. The van der Waals surface area contributed by atoms with Crippen LogP contribution in [0.2, 0.25) is 0 Å². The summed E-state index contributed by atoms with van der Waals surface area (Å²) in [6.45, 7) is 1.46. The highest BCUT2D eigenvalue weighted by molar-refractivity contribution is 9.10. The van der Waals surface area contributed by atoms with E-state index in [0.717, 1.165) is 4.47 Å². The first kappa shape index (κ1) is 13.0. The molecule has 0 heterocycles. The maximum Gasteiger partial charge on any atom is 0.343 e. The molecule has 4 nitrogen and oxygen atoms in total. The SMILES string of the molecule is COC(=O)COc1ccc(Br)cc1C(C)O. The summed E-state index contributed by atoms with van der Waals surface area (Å²) < 4.78 is 10.6. The van der Waals surface area contributed by atoms with E-state index >= 15 is 0 Å². The highest BCUT2D eigenvalue weighted by Gasteiger charge is 2.11. The Labute approximate surface area is 102 Å². The molecule has 0 aliphatic carbocycles.